The highest BCUT2D eigenvalue weighted by Crippen LogP contribution is 2.13. The fourth-order valence-electron chi connectivity index (χ4n) is 2.28. The first-order valence-corrected chi connectivity index (χ1v) is 6.74. The second-order valence-electron chi connectivity index (χ2n) is 5.16. The molecule has 108 valence electrons. The van der Waals surface area contributed by atoms with Gasteiger partial charge in [-0.3, -0.25) is 14.6 Å². The van der Waals surface area contributed by atoms with E-state index < -0.39 is 0 Å². The zero-order chi connectivity index (χ0) is 14.7. The van der Waals surface area contributed by atoms with Gasteiger partial charge in [0.25, 0.3) is 0 Å². The van der Waals surface area contributed by atoms with Crippen molar-refractivity contribution in [3.8, 4) is 0 Å². The second-order valence-corrected chi connectivity index (χ2v) is 5.16. The number of nitrogens with zero attached hydrogens (tertiary/aromatic N) is 4. The molecule has 0 unspecified atom stereocenters. The third-order valence-electron chi connectivity index (χ3n) is 3.44. The third-order valence-corrected chi connectivity index (χ3v) is 3.44. The summed E-state index contributed by atoms with van der Waals surface area (Å²) in [6.07, 6.45) is 4.42. The molecule has 0 saturated carbocycles. The van der Waals surface area contributed by atoms with Crippen molar-refractivity contribution in [1.29, 1.82) is 0 Å². The predicted molar refractivity (Wildman–Crippen MR) is 76.3 cm³/mol. The van der Waals surface area contributed by atoms with Gasteiger partial charge in [0.15, 0.2) is 0 Å². The van der Waals surface area contributed by atoms with Gasteiger partial charge in [-0.15, -0.1) is 0 Å². The molecular formula is C14H21N5O. The lowest BCUT2D eigenvalue weighted by atomic mass is 10.2. The van der Waals surface area contributed by atoms with Crippen molar-refractivity contribution in [3.05, 3.63) is 35.4 Å². The summed E-state index contributed by atoms with van der Waals surface area (Å²) in [6, 6.07) is 1.70. The number of rotatable bonds is 5. The van der Waals surface area contributed by atoms with Gasteiger partial charge in [-0.25, -0.2) is 0 Å². The first-order valence-electron chi connectivity index (χ1n) is 6.74. The van der Waals surface area contributed by atoms with E-state index in [4.69, 9.17) is 0 Å². The van der Waals surface area contributed by atoms with Crippen LogP contribution >= 0.6 is 0 Å². The van der Waals surface area contributed by atoms with Gasteiger partial charge >= 0.3 is 0 Å². The van der Waals surface area contributed by atoms with Crippen LogP contribution < -0.4 is 0 Å². The molecule has 0 aliphatic heterocycles. The van der Waals surface area contributed by atoms with Crippen LogP contribution in [0.2, 0.25) is 0 Å². The number of likely N-dealkylation sites (N-methyl/N-ethyl adjacent to an activating group) is 1. The maximum Gasteiger partial charge on any atom is 0.246 e. The summed E-state index contributed by atoms with van der Waals surface area (Å²) in [5.74, 6) is 0.0692. The molecule has 0 saturated heterocycles. The van der Waals surface area contributed by atoms with Crippen molar-refractivity contribution < 1.29 is 4.79 Å². The highest BCUT2D eigenvalue weighted by atomic mass is 16.2. The van der Waals surface area contributed by atoms with Crippen LogP contribution in [0.5, 0.6) is 0 Å². The fourth-order valence-corrected chi connectivity index (χ4v) is 2.28. The highest BCUT2D eigenvalue weighted by molar-refractivity contribution is 5.79. The van der Waals surface area contributed by atoms with Crippen LogP contribution in [-0.2, 0) is 11.2 Å². The topological polar surface area (TPSA) is 66.8 Å². The zero-order valence-electron chi connectivity index (χ0n) is 12.4. The minimum atomic E-state index is -0.280. The van der Waals surface area contributed by atoms with Gasteiger partial charge in [-0.05, 0) is 38.8 Å². The van der Waals surface area contributed by atoms with Gasteiger partial charge in [0.05, 0.1) is 11.9 Å². The molecule has 0 spiro atoms. The lowest BCUT2D eigenvalue weighted by Crippen LogP contribution is -2.35. The number of aryl methyl sites for hydroxylation is 2. The summed E-state index contributed by atoms with van der Waals surface area (Å²) in [4.78, 5) is 14.2. The van der Waals surface area contributed by atoms with Gasteiger partial charge in [0.1, 0.15) is 6.04 Å². The smallest absolute Gasteiger partial charge is 0.246 e. The van der Waals surface area contributed by atoms with Crippen LogP contribution in [0.25, 0.3) is 0 Å². The van der Waals surface area contributed by atoms with Crippen LogP contribution in [0.15, 0.2) is 18.5 Å². The van der Waals surface area contributed by atoms with Crippen molar-refractivity contribution in [3.63, 3.8) is 0 Å². The van der Waals surface area contributed by atoms with E-state index in [1.165, 1.54) is 0 Å². The molecule has 1 N–H and O–H groups in total. The Morgan fingerprint density at radius 3 is 2.80 bits per heavy atom. The van der Waals surface area contributed by atoms with Crippen molar-refractivity contribution in [2.75, 3.05) is 13.6 Å². The van der Waals surface area contributed by atoms with E-state index >= 15 is 0 Å². The van der Waals surface area contributed by atoms with E-state index in [-0.39, 0.29) is 11.9 Å². The summed E-state index contributed by atoms with van der Waals surface area (Å²) in [5.41, 5.74) is 3.04. The number of hydrogen-bond acceptors (Lipinski definition) is 3. The Balaban J connectivity index is 1.97. The Morgan fingerprint density at radius 1 is 1.50 bits per heavy atom. The van der Waals surface area contributed by atoms with Crippen LogP contribution in [0.3, 0.4) is 0 Å². The highest BCUT2D eigenvalue weighted by Gasteiger charge is 2.21. The SMILES string of the molecule is Cc1cc(C)n([C@@H](C)C(=O)N(C)CCc2cn[nH]c2)n1. The van der Waals surface area contributed by atoms with Crippen molar-refractivity contribution in [1.82, 2.24) is 24.9 Å². The first-order chi connectivity index (χ1) is 9.49. The number of nitrogens with one attached hydrogen (secondary N) is 1. The second kappa shape index (κ2) is 5.90. The van der Waals surface area contributed by atoms with Crippen LogP contribution in [0.1, 0.15) is 29.9 Å². The molecule has 0 aliphatic carbocycles. The Bertz CT molecular complexity index is 572. The molecule has 0 radical (unpaired) electrons. The largest absolute Gasteiger partial charge is 0.344 e. The summed E-state index contributed by atoms with van der Waals surface area (Å²) in [7, 11) is 1.82. The standard InChI is InChI=1S/C14H21N5O/c1-10-7-11(2)19(17-10)12(3)14(20)18(4)6-5-13-8-15-16-9-13/h7-9,12H,5-6H2,1-4H3,(H,15,16)/t12-/m0/s1. The van der Waals surface area contributed by atoms with Crippen LogP contribution in [-0.4, -0.2) is 44.4 Å². The number of H-pyrrole nitrogens is 1. The molecular weight excluding hydrogens is 254 g/mol. The predicted octanol–water partition coefficient (Wildman–Crippen LogP) is 1.49. The van der Waals surface area contributed by atoms with E-state index in [1.54, 1.807) is 15.8 Å². The Morgan fingerprint density at radius 2 is 2.25 bits per heavy atom. The molecule has 6 nitrogen and oxygen atoms in total. The van der Waals surface area contributed by atoms with Gasteiger partial charge in [0, 0.05) is 25.5 Å². The lowest BCUT2D eigenvalue weighted by molar-refractivity contribution is -0.133. The number of amides is 1. The van der Waals surface area contributed by atoms with Gasteiger partial charge in [-0.2, -0.15) is 10.2 Å². The third kappa shape index (κ3) is 3.07. The van der Waals surface area contributed by atoms with Crippen LogP contribution in [0.4, 0.5) is 0 Å². The number of carbonyl (C=O) groups excluding carboxylic acids is 1. The molecule has 2 aromatic rings. The minimum absolute atomic E-state index is 0.0692. The van der Waals surface area contributed by atoms with E-state index in [0.29, 0.717) is 6.54 Å². The average molecular weight is 275 g/mol. The molecule has 0 aliphatic rings. The Labute approximate surface area is 118 Å². The first kappa shape index (κ1) is 14.3. The van der Waals surface area contributed by atoms with Crippen LogP contribution in [0, 0.1) is 13.8 Å². The Hall–Kier alpha value is -2.11. The van der Waals surface area contributed by atoms with Gasteiger partial charge in [-0.1, -0.05) is 0 Å². The van der Waals surface area contributed by atoms with Crippen molar-refractivity contribution >= 4 is 5.91 Å². The van der Waals surface area contributed by atoms with Gasteiger partial charge in [0.2, 0.25) is 5.91 Å². The van der Waals surface area contributed by atoms with E-state index in [9.17, 15) is 4.79 Å². The maximum atomic E-state index is 12.4. The lowest BCUT2D eigenvalue weighted by Gasteiger charge is -2.22. The molecule has 0 fully saturated rings. The summed E-state index contributed by atoms with van der Waals surface area (Å²) in [6.45, 7) is 6.46. The van der Waals surface area contributed by atoms with Crippen molar-refractivity contribution in [2.24, 2.45) is 0 Å². The molecule has 0 bridgehead atoms. The molecule has 1 atom stereocenters. The monoisotopic (exact) mass is 275 g/mol. The molecule has 1 amide bonds. The summed E-state index contributed by atoms with van der Waals surface area (Å²) in [5, 5.41) is 11.1. The van der Waals surface area contributed by atoms with E-state index in [1.807, 2.05) is 40.1 Å². The molecule has 20 heavy (non-hydrogen) atoms. The van der Waals surface area contributed by atoms with E-state index in [2.05, 4.69) is 15.3 Å². The minimum Gasteiger partial charge on any atom is -0.344 e. The number of hydrogen-bond donors (Lipinski definition) is 1. The molecule has 2 rings (SSSR count). The fraction of sp³-hybridized carbons (Fsp3) is 0.500. The zero-order valence-corrected chi connectivity index (χ0v) is 12.4. The number of aromatic nitrogens is 4. The molecule has 2 heterocycles. The summed E-state index contributed by atoms with van der Waals surface area (Å²) < 4.78 is 1.78. The molecule has 2 aromatic heterocycles. The molecule has 6 heteroatoms. The number of aromatic amines is 1. The van der Waals surface area contributed by atoms with Crippen molar-refractivity contribution in [2.45, 2.75) is 33.2 Å². The summed E-state index contributed by atoms with van der Waals surface area (Å²) >= 11 is 0. The average Bonchev–Trinajstić information content (AvgIpc) is 3.03. The maximum absolute atomic E-state index is 12.4. The van der Waals surface area contributed by atoms with E-state index in [0.717, 1.165) is 23.4 Å². The quantitative estimate of drug-likeness (QED) is 0.899. The van der Waals surface area contributed by atoms with Gasteiger partial charge < -0.3 is 4.90 Å². The normalized spacial score (nSPS) is 12.4. The number of carbonyl (C=O) groups is 1. The Kier molecular flexibility index (Phi) is 4.22. The molecule has 0 aromatic carbocycles.